The van der Waals surface area contributed by atoms with Gasteiger partial charge in [0.1, 0.15) is 6.33 Å². The van der Waals surface area contributed by atoms with E-state index in [1.54, 1.807) is 6.33 Å². The van der Waals surface area contributed by atoms with Crippen molar-refractivity contribution < 1.29 is 0 Å². The van der Waals surface area contributed by atoms with Crippen molar-refractivity contribution in [1.82, 2.24) is 15.3 Å². The summed E-state index contributed by atoms with van der Waals surface area (Å²) in [4.78, 5) is 8.40. The number of hydrogen-bond acceptors (Lipinski definition) is 3. The molecule has 0 saturated heterocycles. The number of hydrogen-bond donors (Lipinski definition) is 1. The fraction of sp³-hybridized carbons (Fsp3) is 0.692. The average molecular weight is 219 g/mol. The monoisotopic (exact) mass is 219 g/mol. The Morgan fingerprint density at radius 2 is 2.25 bits per heavy atom. The lowest BCUT2D eigenvalue weighted by molar-refractivity contribution is 0.361. The molecule has 1 aliphatic carbocycles. The molecule has 0 bridgehead atoms. The van der Waals surface area contributed by atoms with Crippen LogP contribution >= 0.6 is 0 Å². The standard InChI is InChI=1S/C13H21N3/c1-2-8-15-13(11-5-3-4-6-11)12-7-9-14-10-16-12/h7,9-11,13,15H,2-6,8H2,1H3. The van der Waals surface area contributed by atoms with Crippen molar-refractivity contribution in [1.29, 1.82) is 0 Å². The second-order valence-electron chi connectivity index (χ2n) is 4.61. The Kier molecular flexibility index (Phi) is 4.28. The van der Waals surface area contributed by atoms with Crippen LogP contribution in [0.4, 0.5) is 0 Å². The smallest absolute Gasteiger partial charge is 0.115 e. The zero-order valence-electron chi connectivity index (χ0n) is 10.0. The van der Waals surface area contributed by atoms with Gasteiger partial charge in [0.05, 0.1) is 11.7 Å². The molecule has 0 amide bonds. The number of nitrogens with zero attached hydrogens (tertiary/aromatic N) is 2. The minimum Gasteiger partial charge on any atom is -0.308 e. The molecule has 1 saturated carbocycles. The molecule has 3 heteroatoms. The van der Waals surface area contributed by atoms with Gasteiger partial charge in [-0.15, -0.1) is 0 Å². The lowest BCUT2D eigenvalue weighted by Gasteiger charge is -2.23. The van der Waals surface area contributed by atoms with Crippen molar-refractivity contribution in [3.8, 4) is 0 Å². The van der Waals surface area contributed by atoms with Crippen molar-refractivity contribution in [2.45, 2.75) is 45.1 Å². The topological polar surface area (TPSA) is 37.8 Å². The molecule has 0 radical (unpaired) electrons. The van der Waals surface area contributed by atoms with Crippen LogP contribution in [0.15, 0.2) is 18.6 Å². The minimum absolute atomic E-state index is 0.436. The maximum absolute atomic E-state index is 4.40. The van der Waals surface area contributed by atoms with E-state index in [2.05, 4.69) is 22.2 Å². The normalized spacial score (nSPS) is 18.8. The van der Waals surface area contributed by atoms with Crippen LogP contribution in [0.1, 0.15) is 50.8 Å². The Morgan fingerprint density at radius 3 is 2.88 bits per heavy atom. The molecule has 3 nitrogen and oxygen atoms in total. The van der Waals surface area contributed by atoms with Crippen LogP contribution in [-0.4, -0.2) is 16.5 Å². The lowest BCUT2D eigenvalue weighted by Crippen LogP contribution is -2.28. The molecule has 1 aliphatic rings. The summed E-state index contributed by atoms with van der Waals surface area (Å²) in [6.07, 6.45) is 10.1. The molecule has 16 heavy (non-hydrogen) atoms. The van der Waals surface area contributed by atoms with Gasteiger partial charge in [-0.2, -0.15) is 0 Å². The third-order valence-electron chi connectivity index (χ3n) is 3.41. The van der Waals surface area contributed by atoms with E-state index in [1.165, 1.54) is 32.1 Å². The van der Waals surface area contributed by atoms with Gasteiger partial charge in [0.25, 0.3) is 0 Å². The summed E-state index contributed by atoms with van der Waals surface area (Å²) in [5, 5.41) is 3.64. The van der Waals surface area contributed by atoms with Crippen LogP contribution in [0, 0.1) is 5.92 Å². The van der Waals surface area contributed by atoms with Gasteiger partial charge in [-0.05, 0) is 37.8 Å². The van der Waals surface area contributed by atoms with Gasteiger partial charge in [0.15, 0.2) is 0 Å². The third-order valence-corrected chi connectivity index (χ3v) is 3.41. The van der Waals surface area contributed by atoms with E-state index in [1.807, 2.05) is 12.3 Å². The van der Waals surface area contributed by atoms with E-state index in [4.69, 9.17) is 0 Å². The molecule has 1 N–H and O–H groups in total. The fourth-order valence-electron chi connectivity index (χ4n) is 2.59. The molecule has 1 aromatic heterocycles. The summed E-state index contributed by atoms with van der Waals surface area (Å²) >= 11 is 0. The highest BCUT2D eigenvalue weighted by atomic mass is 15.0. The van der Waals surface area contributed by atoms with E-state index in [0.717, 1.165) is 18.2 Å². The number of rotatable bonds is 5. The Bertz CT molecular complexity index is 293. The van der Waals surface area contributed by atoms with Gasteiger partial charge in [0.2, 0.25) is 0 Å². The van der Waals surface area contributed by atoms with Crippen molar-refractivity contribution >= 4 is 0 Å². The molecule has 88 valence electrons. The van der Waals surface area contributed by atoms with Crippen molar-refractivity contribution in [2.75, 3.05) is 6.54 Å². The average Bonchev–Trinajstić information content (AvgIpc) is 2.85. The van der Waals surface area contributed by atoms with Crippen molar-refractivity contribution in [2.24, 2.45) is 5.92 Å². The molecular formula is C13H21N3. The summed E-state index contributed by atoms with van der Waals surface area (Å²) in [6, 6.07) is 2.48. The Labute approximate surface area is 97.7 Å². The van der Waals surface area contributed by atoms with Gasteiger partial charge in [-0.1, -0.05) is 19.8 Å². The molecule has 1 aromatic rings. The predicted octanol–water partition coefficient (Wildman–Crippen LogP) is 2.71. The van der Waals surface area contributed by atoms with Gasteiger partial charge < -0.3 is 5.32 Å². The van der Waals surface area contributed by atoms with Crippen LogP contribution in [0.5, 0.6) is 0 Å². The summed E-state index contributed by atoms with van der Waals surface area (Å²) in [6.45, 7) is 3.28. The van der Waals surface area contributed by atoms with Crippen molar-refractivity contribution in [3.63, 3.8) is 0 Å². The van der Waals surface area contributed by atoms with Crippen LogP contribution in [0.3, 0.4) is 0 Å². The van der Waals surface area contributed by atoms with Gasteiger partial charge in [0, 0.05) is 6.20 Å². The maximum Gasteiger partial charge on any atom is 0.115 e. The maximum atomic E-state index is 4.40. The highest BCUT2D eigenvalue weighted by Gasteiger charge is 2.26. The first kappa shape index (κ1) is 11.5. The van der Waals surface area contributed by atoms with Crippen LogP contribution in [-0.2, 0) is 0 Å². The fourth-order valence-corrected chi connectivity index (χ4v) is 2.59. The first-order chi connectivity index (χ1) is 7.92. The molecule has 0 aliphatic heterocycles. The third kappa shape index (κ3) is 2.79. The summed E-state index contributed by atoms with van der Waals surface area (Å²) in [7, 11) is 0. The molecule has 0 aromatic carbocycles. The zero-order chi connectivity index (χ0) is 11.2. The first-order valence-electron chi connectivity index (χ1n) is 6.41. The molecule has 1 fully saturated rings. The molecule has 1 heterocycles. The summed E-state index contributed by atoms with van der Waals surface area (Å²) in [5.41, 5.74) is 1.16. The highest BCUT2D eigenvalue weighted by molar-refractivity contribution is 5.07. The number of nitrogens with one attached hydrogen (secondary N) is 1. The molecule has 0 spiro atoms. The van der Waals surface area contributed by atoms with E-state index in [0.29, 0.717) is 6.04 Å². The molecule has 2 rings (SSSR count). The van der Waals surface area contributed by atoms with Crippen LogP contribution in [0.2, 0.25) is 0 Å². The molecule has 1 atom stereocenters. The van der Waals surface area contributed by atoms with Gasteiger partial charge in [-0.3, -0.25) is 0 Å². The Balaban J connectivity index is 2.07. The summed E-state index contributed by atoms with van der Waals surface area (Å²) in [5.74, 6) is 0.765. The van der Waals surface area contributed by atoms with E-state index >= 15 is 0 Å². The molecular weight excluding hydrogens is 198 g/mol. The Morgan fingerprint density at radius 1 is 1.44 bits per heavy atom. The number of aromatic nitrogens is 2. The second kappa shape index (κ2) is 5.94. The largest absolute Gasteiger partial charge is 0.308 e. The SMILES string of the molecule is CCCNC(c1ccncn1)C1CCCC1. The Hall–Kier alpha value is -0.960. The van der Waals surface area contributed by atoms with E-state index in [9.17, 15) is 0 Å². The van der Waals surface area contributed by atoms with Gasteiger partial charge in [-0.25, -0.2) is 9.97 Å². The summed E-state index contributed by atoms with van der Waals surface area (Å²) < 4.78 is 0. The lowest BCUT2D eigenvalue weighted by atomic mass is 9.95. The highest BCUT2D eigenvalue weighted by Crippen LogP contribution is 2.34. The van der Waals surface area contributed by atoms with E-state index in [-0.39, 0.29) is 0 Å². The predicted molar refractivity (Wildman–Crippen MR) is 65.0 cm³/mol. The van der Waals surface area contributed by atoms with Crippen LogP contribution < -0.4 is 5.32 Å². The van der Waals surface area contributed by atoms with Gasteiger partial charge >= 0.3 is 0 Å². The first-order valence-corrected chi connectivity index (χ1v) is 6.41. The van der Waals surface area contributed by atoms with Crippen LogP contribution in [0.25, 0.3) is 0 Å². The quantitative estimate of drug-likeness (QED) is 0.827. The minimum atomic E-state index is 0.436. The zero-order valence-corrected chi connectivity index (χ0v) is 10.0. The molecule has 1 unspecified atom stereocenters. The second-order valence-corrected chi connectivity index (χ2v) is 4.61. The van der Waals surface area contributed by atoms with Crippen molar-refractivity contribution in [3.05, 3.63) is 24.3 Å². The van der Waals surface area contributed by atoms with E-state index < -0.39 is 0 Å².